The van der Waals surface area contributed by atoms with Crippen LogP contribution >= 0.6 is 23.4 Å². The van der Waals surface area contributed by atoms with Crippen LogP contribution in [-0.4, -0.2) is 30.8 Å². The lowest BCUT2D eigenvalue weighted by Gasteiger charge is -2.24. The molecule has 0 aromatic heterocycles. The number of para-hydroxylation sites is 1. The van der Waals surface area contributed by atoms with E-state index in [4.69, 9.17) is 11.6 Å². The quantitative estimate of drug-likeness (QED) is 0.646. The summed E-state index contributed by atoms with van der Waals surface area (Å²) in [6, 6.07) is 13.7. The molecule has 0 radical (unpaired) electrons. The molecule has 2 aromatic rings. The monoisotopic (exact) mass is 406 g/mol. The van der Waals surface area contributed by atoms with Crippen LogP contribution < -0.4 is 10.2 Å². The number of thioether (sulfide) groups is 1. The third kappa shape index (κ3) is 5.39. The molecule has 6 heteroatoms. The Labute approximate surface area is 169 Å². The van der Waals surface area contributed by atoms with Crippen molar-refractivity contribution in [1.29, 1.82) is 0 Å². The summed E-state index contributed by atoms with van der Waals surface area (Å²) in [5, 5.41) is 3.34. The number of nitrogens with zero attached hydrogens (tertiary/aromatic N) is 1. The van der Waals surface area contributed by atoms with Gasteiger partial charge in [-0.3, -0.25) is 4.79 Å². The number of benzene rings is 2. The average molecular weight is 407 g/mol. The van der Waals surface area contributed by atoms with Crippen molar-refractivity contribution >= 4 is 35.0 Å². The molecule has 0 aliphatic carbocycles. The molecule has 1 heterocycles. The lowest BCUT2D eigenvalue weighted by molar-refractivity contribution is -0.118. The summed E-state index contributed by atoms with van der Waals surface area (Å²) in [4.78, 5) is 14.4. The van der Waals surface area contributed by atoms with E-state index in [0.29, 0.717) is 34.7 Å². The number of hydrogen-bond acceptors (Lipinski definition) is 3. The van der Waals surface area contributed by atoms with Crippen LogP contribution in [0.4, 0.5) is 10.1 Å². The van der Waals surface area contributed by atoms with Crippen molar-refractivity contribution in [2.24, 2.45) is 0 Å². The molecule has 0 fully saturated rings. The van der Waals surface area contributed by atoms with Crippen LogP contribution in [0.15, 0.2) is 42.5 Å². The predicted octanol–water partition coefficient (Wildman–Crippen LogP) is 4.67. The van der Waals surface area contributed by atoms with Gasteiger partial charge in [0.15, 0.2) is 0 Å². The zero-order chi connectivity index (χ0) is 19.2. The van der Waals surface area contributed by atoms with E-state index in [1.807, 2.05) is 0 Å². The van der Waals surface area contributed by atoms with E-state index >= 15 is 0 Å². The number of nitrogens with one attached hydrogen (secondary N) is 1. The van der Waals surface area contributed by atoms with Gasteiger partial charge in [-0.25, -0.2) is 4.39 Å². The second kappa shape index (κ2) is 9.47. The molecule has 1 aliphatic rings. The largest absolute Gasteiger partial charge is 0.368 e. The Morgan fingerprint density at radius 1 is 1.33 bits per heavy atom. The van der Waals surface area contributed by atoms with Gasteiger partial charge >= 0.3 is 0 Å². The molecule has 0 unspecified atom stereocenters. The highest BCUT2D eigenvalue weighted by atomic mass is 35.5. The Bertz CT molecular complexity index is 802. The van der Waals surface area contributed by atoms with Gasteiger partial charge in [0.05, 0.1) is 5.75 Å². The summed E-state index contributed by atoms with van der Waals surface area (Å²) in [5.74, 6) is 0.448. The number of rotatable bonds is 8. The van der Waals surface area contributed by atoms with Crippen LogP contribution in [0.25, 0.3) is 0 Å². The molecule has 3 nitrogen and oxygen atoms in total. The highest BCUT2D eigenvalue weighted by molar-refractivity contribution is 7.99. The fourth-order valence-corrected chi connectivity index (χ4v) is 4.39. The molecule has 1 amide bonds. The number of fused-ring (bicyclic) bond motifs is 1. The molecular formula is C21H24ClFN2OS. The van der Waals surface area contributed by atoms with Crippen molar-refractivity contribution in [1.82, 2.24) is 5.32 Å². The topological polar surface area (TPSA) is 32.3 Å². The van der Waals surface area contributed by atoms with Crippen molar-refractivity contribution < 1.29 is 9.18 Å². The van der Waals surface area contributed by atoms with E-state index in [9.17, 15) is 9.18 Å². The first kappa shape index (κ1) is 20.0. The lowest BCUT2D eigenvalue weighted by Crippen LogP contribution is -2.33. The van der Waals surface area contributed by atoms with Gasteiger partial charge in [-0.15, -0.1) is 11.8 Å². The third-order valence-electron chi connectivity index (χ3n) is 4.75. The van der Waals surface area contributed by atoms with Crippen LogP contribution in [0.5, 0.6) is 0 Å². The summed E-state index contributed by atoms with van der Waals surface area (Å²) in [7, 11) is 0. The third-order valence-corrected chi connectivity index (χ3v) is 5.97. The Morgan fingerprint density at radius 2 is 2.15 bits per heavy atom. The fraction of sp³-hybridized carbons (Fsp3) is 0.381. The van der Waals surface area contributed by atoms with E-state index in [-0.39, 0.29) is 11.7 Å². The van der Waals surface area contributed by atoms with Gasteiger partial charge in [0.1, 0.15) is 5.82 Å². The van der Waals surface area contributed by atoms with Crippen molar-refractivity contribution in [2.75, 3.05) is 23.7 Å². The van der Waals surface area contributed by atoms with E-state index < -0.39 is 0 Å². The minimum Gasteiger partial charge on any atom is -0.368 e. The second-order valence-corrected chi connectivity index (χ2v) is 8.23. The van der Waals surface area contributed by atoms with Gasteiger partial charge in [-0.2, -0.15) is 0 Å². The maximum atomic E-state index is 13.7. The Kier molecular flexibility index (Phi) is 7.02. The summed E-state index contributed by atoms with van der Waals surface area (Å²) >= 11 is 7.15. The minimum atomic E-state index is -0.324. The van der Waals surface area contributed by atoms with Crippen molar-refractivity contribution in [3.63, 3.8) is 0 Å². The molecule has 1 N–H and O–H groups in total. The molecule has 2 aromatic carbocycles. The van der Waals surface area contributed by atoms with Crippen LogP contribution in [0, 0.1) is 5.82 Å². The molecule has 1 atom stereocenters. The molecule has 0 saturated heterocycles. The van der Waals surface area contributed by atoms with Crippen molar-refractivity contribution in [3.05, 3.63) is 64.4 Å². The normalized spacial score (nSPS) is 15.7. The van der Waals surface area contributed by atoms with Gasteiger partial charge in [0.25, 0.3) is 0 Å². The molecule has 1 aliphatic heterocycles. The summed E-state index contributed by atoms with van der Waals surface area (Å²) in [6.45, 7) is 3.83. The van der Waals surface area contributed by atoms with Gasteiger partial charge in [0.2, 0.25) is 5.91 Å². The number of carbonyl (C=O) groups excluding carboxylic acids is 1. The molecule has 144 valence electrons. The first-order valence-electron chi connectivity index (χ1n) is 9.17. The summed E-state index contributed by atoms with van der Waals surface area (Å²) in [5.41, 5.74) is 3.29. The van der Waals surface area contributed by atoms with Gasteiger partial charge in [-0.1, -0.05) is 35.9 Å². The average Bonchev–Trinajstić information content (AvgIpc) is 2.96. The summed E-state index contributed by atoms with van der Waals surface area (Å²) < 4.78 is 13.7. The first-order chi connectivity index (χ1) is 13.0. The SMILES string of the molecule is C[C@@H]1Cc2ccccc2N1CCCNC(=O)CSCc1ccc(Cl)cc1F. The molecule has 0 saturated carbocycles. The molecule has 3 rings (SSSR count). The maximum Gasteiger partial charge on any atom is 0.230 e. The smallest absolute Gasteiger partial charge is 0.230 e. The Hall–Kier alpha value is -1.72. The predicted molar refractivity (Wildman–Crippen MR) is 112 cm³/mol. The number of hydrogen-bond donors (Lipinski definition) is 1. The summed E-state index contributed by atoms with van der Waals surface area (Å²) in [6.07, 6.45) is 1.99. The maximum absolute atomic E-state index is 13.7. The van der Waals surface area contributed by atoms with E-state index in [2.05, 4.69) is 41.4 Å². The van der Waals surface area contributed by atoms with Crippen LogP contribution in [0.3, 0.4) is 0 Å². The number of halogens is 2. The molecular weight excluding hydrogens is 383 g/mol. The highest BCUT2D eigenvalue weighted by Crippen LogP contribution is 2.31. The van der Waals surface area contributed by atoms with E-state index in [1.54, 1.807) is 12.1 Å². The molecule has 27 heavy (non-hydrogen) atoms. The van der Waals surface area contributed by atoms with Crippen LogP contribution in [0.2, 0.25) is 5.02 Å². The van der Waals surface area contributed by atoms with Crippen LogP contribution in [-0.2, 0) is 17.0 Å². The van der Waals surface area contributed by atoms with Gasteiger partial charge in [-0.05, 0) is 49.1 Å². The van der Waals surface area contributed by atoms with Crippen LogP contribution in [0.1, 0.15) is 24.5 Å². The standard InChI is InChI=1S/C21H24ClFN2OS/c1-15-11-16-5-2-3-6-20(16)25(15)10-4-9-24-21(26)14-27-13-17-7-8-18(22)12-19(17)23/h2-3,5-8,12,15H,4,9-11,13-14H2,1H3,(H,24,26)/t15-/m1/s1. The second-order valence-electron chi connectivity index (χ2n) is 6.81. The number of amides is 1. The van der Waals surface area contributed by atoms with E-state index in [1.165, 1.54) is 29.1 Å². The zero-order valence-electron chi connectivity index (χ0n) is 15.4. The number of carbonyl (C=O) groups is 1. The Balaban J connectivity index is 1.34. The van der Waals surface area contributed by atoms with Gasteiger partial charge in [0, 0.05) is 35.6 Å². The number of anilines is 1. The van der Waals surface area contributed by atoms with Gasteiger partial charge < -0.3 is 10.2 Å². The zero-order valence-corrected chi connectivity index (χ0v) is 17.0. The van der Waals surface area contributed by atoms with Crippen molar-refractivity contribution in [3.8, 4) is 0 Å². The molecule has 0 spiro atoms. The van der Waals surface area contributed by atoms with E-state index in [0.717, 1.165) is 19.4 Å². The lowest BCUT2D eigenvalue weighted by atomic mass is 10.1. The Morgan fingerprint density at radius 3 is 2.96 bits per heavy atom. The molecule has 0 bridgehead atoms. The highest BCUT2D eigenvalue weighted by Gasteiger charge is 2.24. The first-order valence-corrected chi connectivity index (χ1v) is 10.7. The minimum absolute atomic E-state index is 0.00996. The fourth-order valence-electron chi connectivity index (χ4n) is 3.39. The van der Waals surface area contributed by atoms with Crippen molar-refractivity contribution in [2.45, 2.75) is 31.6 Å².